The molecule has 3 aromatic rings. The van der Waals surface area contributed by atoms with Crippen LogP contribution in [-0.2, 0) is 0 Å². The van der Waals surface area contributed by atoms with Crippen LogP contribution in [0, 0.1) is 0 Å². The summed E-state index contributed by atoms with van der Waals surface area (Å²) in [6.45, 7) is 0. The van der Waals surface area contributed by atoms with Crippen molar-refractivity contribution in [1.82, 2.24) is 0 Å². The summed E-state index contributed by atoms with van der Waals surface area (Å²) in [5.74, 6) is 1.39. The summed E-state index contributed by atoms with van der Waals surface area (Å²) in [5, 5.41) is 1.87. The molecule has 142 valence electrons. The van der Waals surface area contributed by atoms with E-state index in [1.165, 1.54) is 0 Å². The lowest BCUT2D eigenvalue weighted by molar-refractivity contribution is 0.0981. The Morgan fingerprint density at radius 1 is 0.733 bits per heavy atom. The summed E-state index contributed by atoms with van der Waals surface area (Å²) >= 11 is 0. The predicted molar refractivity (Wildman–Crippen MR) is 115 cm³/mol. The summed E-state index contributed by atoms with van der Waals surface area (Å²) in [6, 6.07) is 20.8. The van der Waals surface area contributed by atoms with E-state index in [1.807, 2.05) is 48.5 Å². The zero-order chi connectivity index (χ0) is 20.2. The van der Waals surface area contributed by atoms with E-state index < -0.39 is 0 Å². The lowest BCUT2D eigenvalue weighted by Gasteiger charge is -2.24. The van der Waals surface area contributed by atoms with Crippen molar-refractivity contribution in [3.8, 4) is 11.5 Å². The molecule has 1 aliphatic heterocycles. The number of hydrogen-bond acceptors (Lipinski definition) is 3. The number of ketones is 2. The quantitative estimate of drug-likeness (QED) is 0.455. The fraction of sp³-hybridized carbons (Fsp3) is 0.0370. The van der Waals surface area contributed by atoms with Gasteiger partial charge in [-0.25, -0.2) is 0 Å². The van der Waals surface area contributed by atoms with Crippen molar-refractivity contribution in [2.24, 2.45) is 0 Å². The third kappa shape index (κ3) is 2.32. The van der Waals surface area contributed by atoms with Crippen LogP contribution < -0.4 is 15.2 Å². The first-order valence-corrected chi connectivity index (χ1v) is 9.93. The minimum absolute atomic E-state index is 0.0886. The molecule has 1 heterocycles. The van der Waals surface area contributed by atoms with Crippen LogP contribution in [-0.4, -0.2) is 11.6 Å². The minimum atomic E-state index is -0.0935. The Hall–Kier alpha value is -3.98. The van der Waals surface area contributed by atoms with Crippen LogP contribution in [0.5, 0.6) is 11.5 Å². The van der Waals surface area contributed by atoms with E-state index in [4.69, 9.17) is 4.74 Å². The molecular weight excluding hydrogens is 372 g/mol. The normalized spacial score (nSPS) is 18.0. The first-order chi connectivity index (χ1) is 14.7. The number of fused-ring (bicyclic) bond motifs is 3. The molecule has 3 heteroatoms. The smallest absolute Gasteiger partial charge is 0.194 e. The van der Waals surface area contributed by atoms with Gasteiger partial charge in [-0.1, -0.05) is 66.7 Å². The van der Waals surface area contributed by atoms with Gasteiger partial charge in [0.15, 0.2) is 11.6 Å². The van der Waals surface area contributed by atoms with Crippen molar-refractivity contribution in [3.05, 3.63) is 117 Å². The summed E-state index contributed by atoms with van der Waals surface area (Å²) in [5.41, 5.74) is 3.82. The van der Waals surface area contributed by atoms with Gasteiger partial charge in [-0.05, 0) is 35.4 Å². The molecule has 0 spiro atoms. The molecule has 0 radical (unpaired) electrons. The first kappa shape index (κ1) is 16.9. The maximum absolute atomic E-state index is 13.4. The zero-order valence-electron chi connectivity index (χ0n) is 16.0. The largest absolute Gasteiger partial charge is 0.456 e. The summed E-state index contributed by atoms with van der Waals surface area (Å²) in [7, 11) is 0. The Balaban J connectivity index is 1.68. The van der Waals surface area contributed by atoms with Gasteiger partial charge >= 0.3 is 0 Å². The molecule has 0 bridgehead atoms. The Bertz CT molecular complexity index is 1470. The van der Waals surface area contributed by atoms with Gasteiger partial charge in [0.2, 0.25) is 0 Å². The van der Waals surface area contributed by atoms with Gasteiger partial charge in [0.05, 0.1) is 0 Å². The van der Waals surface area contributed by atoms with Crippen molar-refractivity contribution in [3.63, 3.8) is 0 Å². The summed E-state index contributed by atoms with van der Waals surface area (Å²) in [4.78, 5) is 26.6. The lowest BCUT2D eigenvalue weighted by atomic mass is 9.77. The van der Waals surface area contributed by atoms with Gasteiger partial charge in [0, 0.05) is 33.1 Å². The molecule has 0 atom stereocenters. The molecule has 6 rings (SSSR count). The molecule has 3 nitrogen and oxygen atoms in total. The highest BCUT2D eigenvalue weighted by atomic mass is 16.5. The second-order valence-electron chi connectivity index (χ2n) is 7.58. The van der Waals surface area contributed by atoms with Gasteiger partial charge in [-0.3, -0.25) is 9.59 Å². The summed E-state index contributed by atoms with van der Waals surface area (Å²) < 4.78 is 6.12. The molecule has 3 aromatic carbocycles. The maximum atomic E-state index is 13.4. The number of Topliss-reactive ketones (excluding diaryl/α,β-unsaturated/α-hetero) is 2. The highest BCUT2D eigenvalue weighted by Crippen LogP contribution is 2.35. The molecule has 3 aliphatic rings. The second-order valence-corrected chi connectivity index (χ2v) is 7.58. The van der Waals surface area contributed by atoms with Crippen LogP contribution in [0.25, 0.3) is 11.6 Å². The van der Waals surface area contributed by atoms with Crippen molar-refractivity contribution in [2.75, 3.05) is 0 Å². The van der Waals surface area contributed by atoms with Gasteiger partial charge in [0.1, 0.15) is 11.5 Å². The molecule has 0 aromatic heterocycles. The van der Waals surface area contributed by atoms with E-state index >= 15 is 0 Å². The second kappa shape index (κ2) is 6.26. The maximum Gasteiger partial charge on any atom is 0.194 e. The van der Waals surface area contributed by atoms with Crippen LogP contribution in [0.3, 0.4) is 0 Å². The standard InChI is InChI=1S/C27H16O3/c28-26-19-8-2-3-9-20(19)27(29)25-18(11-5-12-21(25)26)17-10-6-14-24-22(17)15-16-7-1-4-13-23(16)30-24/h1-10,12-15H,11H2. The van der Waals surface area contributed by atoms with E-state index in [2.05, 4.69) is 6.08 Å². The van der Waals surface area contributed by atoms with E-state index in [0.29, 0.717) is 28.7 Å². The molecule has 0 amide bonds. The van der Waals surface area contributed by atoms with Crippen LogP contribution in [0.15, 0.2) is 90.0 Å². The average Bonchev–Trinajstić information content (AvgIpc) is 2.80. The molecule has 2 aliphatic carbocycles. The molecule has 30 heavy (non-hydrogen) atoms. The molecule has 0 saturated heterocycles. The number of benzene rings is 3. The molecular formula is C27H16O3. The number of carbonyl (C=O) groups is 2. The molecule has 0 unspecified atom stereocenters. The highest BCUT2D eigenvalue weighted by molar-refractivity contribution is 6.32. The topological polar surface area (TPSA) is 43.4 Å². The van der Waals surface area contributed by atoms with Crippen molar-refractivity contribution in [1.29, 1.82) is 0 Å². The Morgan fingerprint density at radius 3 is 2.33 bits per heavy atom. The van der Waals surface area contributed by atoms with Crippen molar-refractivity contribution >= 4 is 23.2 Å². The number of ether oxygens (including phenoxy) is 1. The lowest BCUT2D eigenvalue weighted by Crippen LogP contribution is -2.33. The first-order valence-electron chi connectivity index (χ1n) is 9.93. The molecule has 0 fully saturated rings. The SMILES string of the molecule is O=C1C2=C(C(=O)c3ccccc31)C(=c1cccc3c1=Cc1ccccc1O3)CC=C2. The van der Waals surface area contributed by atoms with Crippen molar-refractivity contribution < 1.29 is 14.3 Å². The van der Waals surface area contributed by atoms with Crippen LogP contribution >= 0.6 is 0 Å². The zero-order valence-corrected chi connectivity index (χ0v) is 16.0. The van der Waals surface area contributed by atoms with Crippen LogP contribution in [0.4, 0.5) is 0 Å². The number of allylic oxidation sites excluding steroid dienone is 4. The predicted octanol–water partition coefficient (Wildman–Crippen LogP) is 4.11. The molecule has 0 N–H and O–H groups in total. The Kier molecular flexibility index (Phi) is 3.53. The monoisotopic (exact) mass is 388 g/mol. The Morgan fingerprint density at radius 2 is 1.47 bits per heavy atom. The molecule has 0 saturated carbocycles. The van der Waals surface area contributed by atoms with Gasteiger partial charge in [-0.2, -0.15) is 0 Å². The Labute approximate surface area is 172 Å². The van der Waals surface area contributed by atoms with Gasteiger partial charge in [0.25, 0.3) is 0 Å². The average molecular weight is 388 g/mol. The number of carbonyl (C=O) groups excluding carboxylic acids is 2. The minimum Gasteiger partial charge on any atom is -0.456 e. The van der Waals surface area contributed by atoms with Gasteiger partial charge in [-0.15, -0.1) is 0 Å². The van der Waals surface area contributed by atoms with Crippen LogP contribution in [0.2, 0.25) is 0 Å². The highest BCUT2D eigenvalue weighted by Gasteiger charge is 2.34. The fourth-order valence-corrected chi connectivity index (χ4v) is 4.51. The van der Waals surface area contributed by atoms with E-state index in [0.717, 1.165) is 33.1 Å². The number of hydrogen-bond donors (Lipinski definition) is 0. The summed E-state index contributed by atoms with van der Waals surface area (Å²) in [6.07, 6.45) is 6.44. The third-order valence-corrected chi connectivity index (χ3v) is 5.90. The number of para-hydroxylation sites is 1. The van der Waals surface area contributed by atoms with Crippen LogP contribution in [0.1, 0.15) is 32.7 Å². The van der Waals surface area contributed by atoms with E-state index in [-0.39, 0.29) is 11.6 Å². The fourth-order valence-electron chi connectivity index (χ4n) is 4.51. The van der Waals surface area contributed by atoms with Gasteiger partial charge < -0.3 is 4.74 Å². The van der Waals surface area contributed by atoms with E-state index in [1.54, 1.807) is 30.3 Å². The van der Waals surface area contributed by atoms with Crippen molar-refractivity contribution in [2.45, 2.75) is 6.42 Å². The third-order valence-electron chi connectivity index (χ3n) is 5.90. The number of rotatable bonds is 0. The van der Waals surface area contributed by atoms with E-state index in [9.17, 15) is 9.59 Å².